The van der Waals surface area contributed by atoms with Crippen molar-refractivity contribution in [2.24, 2.45) is 0 Å². The first-order valence-electron chi connectivity index (χ1n) is 8.23. The van der Waals surface area contributed by atoms with Crippen LogP contribution in [0.4, 0.5) is 18.9 Å². The zero-order valence-electron chi connectivity index (χ0n) is 14.3. The summed E-state index contributed by atoms with van der Waals surface area (Å²) in [6.07, 6.45) is -2.32. The van der Waals surface area contributed by atoms with Gasteiger partial charge in [0.05, 0.1) is 17.4 Å². The molecule has 1 unspecified atom stereocenters. The smallest absolute Gasteiger partial charge is 0.416 e. The minimum Gasteiger partial charge on any atom is -0.481 e. The summed E-state index contributed by atoms with van der Waals surface area (Å²) in [5, 5.41) is 11.6. The topological polar surface area (TPSA) is 96.1 Å². The highest BCUT2D eigenvalue weighted by atomic mass is 19.4. The van der Waals surface area contributed by atoms with E-state index in [2.05, 4.69) is 20.8 Å². The second-order valence-corrected chi connectivity index (χ2v) is 6.18. The van der Waals surface area contributed by atoms with Crippen LogP contribution in [-0.4, -0.2) is 34.2 Å². The largest absolute Gasteiger partial charge is 0.481 e. The Morgan fingerprint density at radius 3 is 2.52 bits per heavy atom. The van der Waals surface area contributed by atoms with Gasteiger partial charge in [-0.15, -0.1) is 0 Å². The maximum Gasteiger partial charge on any atom is 0.416 e. The number of ether oxygens (including phenoxy) is 1. The van der Waals surface area contributed by atoms with Crippen molar-refractivity contribution in [1.29, 1.82) is 0 Å². The Kier molecular flexibility index (Phi) is 5.06. The number of aromatic amines is 1. The van der Waals surface area contributed by atoms with Crippen molar-refractivity contribution in [3.8, 4) is 5.75 Å². The first kappa shape index (κ1) is 18.7. The van der Waals surface area contributed by atoms with Crippen LogP contribution in [0.25, 0.3) is 0 Å². The number of H-pyrrole nitrogens is 1. The summed E-state index contributed by atoms with van der Waals surface area (Å²) in [5.74, 6) is -0.831. The fourth-order valence-corrected chi connectivity index (χ4v) is 2.25. The van der Waals surface area contributed by atoms with E-state index in [1.807, 2.05) is 0 Å². The van der Waals surface area contributed by atoms with Crippen molar-refractivity contribution in [2.45, 2.75) is 38.1 Å². The Morgan fingerprint density at radius 1 is 1.26 bits per heavy atom. The number of hydrogen-bond acceptors (Lipinski definition) is 4. The number of nitrogens with zero attached hydrogens (tertiary/aromatic N) is 1. The van der Waals surface area contributed by atoms with Gasteiger partial charge in [0, 0.05) is 6.04 Å². The Hall–Kier alpha value is -3.04. The van der Waals surface area contributed by atoms with Crippen LogP contribution < -0.4 is 15.4 Å². The van der Waals surface area contributed by atoms with Crippen LogP contribution >= 0.6 is 0 Å². The molecule has 0 aliphatic heterocycles. The minimum absolute atomic E-state index is 0.115. The Balaban J connectivity index is 1.59. The molecule has 1 fully saturated rings. The number of nitrogens with one attached hydrogen (secondary N) is 3. The molecule has 0 radical (unpaired) electrons. The van der Waals surface area contributed by atoms with Crippen molar-refractivity contribution in [3.63, 3.8) is 0 Å². The number of hydrogen-bond donors (Lipinski definition) is 3. The predicted molar refractivity (Wildman–Crippen MR) is 89.2 cm³/mol. The zero-order valence-corrected chi connectivity index (χ0v) is 14.3. The van der Waals surface area contributed by atoms with Gasteiger partial charge in [0.25, 0.3) is 11.8 Å². The number of amides is 2. The van der Waals surface area contributed by atoms with E-state index >= 15 is 0 Å². The molecule has 144 valence electrons. The van der Waals surface area contributed by atoms with E-state index < -0.39 is 23.8 Å². The number of aromatic nitrogens is 2. The van der Waals surface area contributed by atoms with Gasteiger partial charge < -0.3 is 15.4 Å². The molecule has 1 aliphatic rings. The van der Waals surface area contributed by atoms with Crippen LogP contribution in [-0.2, 0) is 11.0 Å². The minimum atomic E-state index is -4.44. The normalized spacial score (nSPS) is 15.1. The molecular weight excluding hydrogens is 365 g/mol. The van der Waals surface area contributed by atoms with Gasteiger partial charge in [0.15, 0.2) is 6.10 Å². The van der Waals surface area contributed by atoms with Gasteiger partial charge in [-0.05, 0) is 44.0 Å². The summed E-state index contributed by atoms with van der Waals surface area (Å²) in [6, 6.07) is 4.16. The number of carbonyl (C=O) groups excluding carboxylic acids is 2. The quantitative estimate of drug-likeness (QED) is 0.716. The first-order valence-corrected chi connectivity index (χ1v) is 8.23. The van der Waals surface area contributed by atoms with Gasteiger partial charge >= 0.3 is 6.18 Å². The molecule has 1 aliphatic carbocycles. The summed E-state index contributed by atoms with van der Waals surface area (Å²) < 4.78 is 43.0. The monoisotopic (exact) mass is 382 g/mol. The molecule has 1 saturated carbocycles. The molecule has 27 heavy (non-hydrogen) atoms. The van der Waals surface area contributed by atoms with Crippen LogP contribution in [0.3, 0.4) is 0 Å². The molecule has 3 N–H and O–H groups in total. The van der Waals surface area contributed by atoms with Crippen LogP contribution in [0.1, 0.15) is 35.8 Å². The molecule has 0 saturated heterocycles. The van der Waals surface area contributed by atoms with Crippen molar-refractivity contribution in [3.05, 3.63) is 41.7 Å². The molecule has 2 aromatic rings. The van der Waals surface area contributed by atoms with Crippen molar-refractivity contribution in [2.75, 3.05) is 5.32 Å². The summed E-state index contributed by atoms with van der Waals surface area (Å²) in [4.78, 5) is 24.3. The SMILES string of the molecule is CC(Oc1ccc(C(F)(F)F)cc1)C(=O)Nc1cn[nH]c1C(=O)NC1CC1. The summed E-state index contributed by atoms with van der Waals surface area (Å²) in [7, 11) is 0. The van der Waals surface area contributed by atoms with Crippen LogP contribution in [0, 0.1) is 0 Å². The van der Waals surface area contributed by atoms with Gasteiger partial charge in [-0.25, -0.2) is 0 Å². The maximum atomic E-state index is 12.6. The number of anilines is 1. The van der Waals surface area contributed by atoms with Crippen LogP contribution in [0.5, 0.6) is 5.75 Å². The van der Waals surface area contributed by atoms with Gasteiger partial charge in [0.1, 0.15) is 11.4 Å². The van der Waals surface area contributed by atoms with E-state index in [-0.39, 0.29) is 29.1 Å². The second-order valence-electron chi connectivity index (χ2n) is 6.18. The standard InChI is InChI=1S/C17H17F3N4O3/c1-9(27-12-6-2-10(3-7-12)17(18,19)20)15(25)23-13-8-21-24-14(13)16(26)22-11-4-5-11/h2-3,6-9,11H,4-5H2,1H3,(H,21,24)(H,22,26)(H,23,25). The number of rotatable bonds is 6. The fraction of sp³-hybridized carbons (Fsp3) is 0.353. The van der Waals surface area contributed by atoms with Crippen LogP contribution in [0.2, 0.25) is 0 Å². The summed E-state index contributed by atoms with van der Waals surface area (Å²) in [6.45, 7) is 1.44. The molecular formula is C17H17F3N4O3. The molecule has 10 heteroatoms. The molecule has 2 amide bonds. The van der Waals surface area contributed by atoms with E-state index in [4.69, 9.17) is 4.74 Å². The van der Waals surface area contributed by atoms with Gasteiger partial charge in [-0.3, -0.25) is 14.7 Å². The zero-order chi connectivity index (χ0) is 19.6. The van der Waals surface area contributed by atoms with E-state index in [1.165, 1.54) is 13.1 Å². The Labute approximate surface area is 152 Å². The lowest BCUT2D eigenvalue weighted by molar-refractivity contribution is -0.137. The summed E-state index contributed by atoms with van der Waals surface area (Å²) in [5.41, 5.74) is -0.491. The molecule has 1 heterocycles. The molecule has 3 rings (SSSR count). The number of carbonyl (C=O) groups is 2. The lowest BCUT2D eigenvalue weighted by atomic mass is 10.2. The number of alkyl halides is 3. The molecule has 7 nitrogen and oxygen atoms in total. The molecule has 0 bridgehead atoms. The lowest BCUT2D eigenvalue weighted by Gasteiger charge is -2.15. The molecule has 1 atom stereocenters. The van der Waals surface area contributed by atoms with Crippen molar-refractivity contribution in [1.82, 2.24) is 15.5 Å². The van der Waals surface area contributed by atoms with E-state index in [0.29, 0.717) is 0 Å². The molecule has 0 spiro atoms. The van der Waals surface area contributed by atoms with E-state index in [9.17, 15) is 22.8 Å². The second kappa shape index (κ2) is 7.29. The van der Waals surface area contributed by atoms with E-state index in [1.54, 1.807) is 0 Å². The summed E-state index contributed by atoms with van der Waals surface area (Å²) >= 11 is 0. The third kappa shape index (κ3) is 4.78. The highest BCUT2D eigenvalue weighted by molar-refractivity contribution is 6.03. The van der Waals surface area contributed by atoms with Gasteiger partial charge in [-0.1, -0.05) is 0 Å². The average molecular weight is 382 g/mol. The number of benzene rings is 1. The third-order valence-corrected chi connectivity index (χ3v) is 3.90. The predicted octanol–water partition coefficient (Wildman–Crippen LogP) is 2.73. The lowest BCUT2D eigenvalue weighted by Crippen LogP contribution is -2.32. The highest BCUT2D eigenvalue weighted by Crippen LogP contribution is 2.30. The van der Waals surface area contributed by atoms with Crippen molar-refractivity contribution < 1.29 is 27.5 Å². The fourth-order valence-electron chi connectivity index (χ4n) is 2.25. The molecule has 1 aromatic heterocycles. The molecule has 1 aromatic carbocycles. The highest BCUT2D eigenvalue weighted by Gasteiger charge is 2.30. The Bertz CT molecular complexity index is 829. The number of halogens is 3. The first-order chi connectivity index (χ1) is 12.7. The Morgan fingerprint density at radius 2 is 1.93 bits per heavy atom. The van der Waals surface area contributed by atoms with E-state index in [0.717, 1.165) is 37.1 Å². The van der Waals surface area contributed by atoms with Crippen LogP contribution in [0.15, 0.2) is 30.5 Å². The maximum absolute atomic E-state index is 12.6. The third-order valence-electron chi connectivity index (χ3n) is 3.90. The van der Waals surface area contributed by atoms with Crippen molar-refractivity contribution >= 4 is 17.5 Å². The van der Waals surface area contributed by atoms with Gasteiger partial charge in [0.2, 0.25) is 0 Å². The van der Waals surface area contributed by atoms with Gasteiger partial charge in [-0.2, -0.15) is 18.3 Å². The average Bonchev–Trinajstić information content (AvgIpc) is 3.29.